The largest absolute Gasteiger partial charge is 0.290 e. The normalized spacial score (nSPS) is 25.3. The summed E-state index contributed by atoms with van der Waals surface area (Å²) in [5, 5.41) is 18.4. The van der Waals surface area contributed by atoms with E-state index in [0.29, 0.717) is 0 Å². The fourth-order valence-corrected chi connectivity index (χ4v) is 1.53. The van der Waals surface area contributed by atoms with Crippen LogP contribution in [0.1, 0.15) is 0 Å². The Hall–Kier alpha value is -2.63. The number of nitro groups is 1. The lowest BCUT2D eigenvalue weighted by atomic mass is 10.1. The van der Waals surface area contributed by atoms with Crippen molar-refractivity contribution in [1.82, 2.24) is 0 Å². The van der Waals surface area contributed by atoms with E-state index in [1.165, 1.54) is 30.5 Å². The van der Waals surface area contributed by atoms with Crippen LogP contribution in [0.3, 0.4) is 0 Å². The molecule has 0 heterocycles. The van der Waals surface area contributed by atoms with E-state index in [2.05, 4.69) is 10.2 Å². The molecule has 2 rings (SSSR count). The third kappa shape index (κ3) is 3.67. The molecule has 2 aliphatic carbocycles. The van der Waals surface area contributed by atoms with Crippen molar-refractivity contribution < 1.29 is 9.72 Å². The molecule has 0 aromatic rings. The monoisotopic (exact) mass is 257 g/mol. The van der Waals surface area contributed by atoms with Gasteiger partial charge in [-0.15, -0.1) is 0 Å². The maximum absolute atomic E-state index is 10.9. The van der Waals surface area contributed by atoms with Crippen LogP contribution < -0.4 is 0 Å². The smallest absolute Gasteiger partial charge is 0.249 e. The number of carbonyl (C=O) groups excluding carboxylic acids is 1. The van der Waals surface area contributed by atoms with Crippen LogP contribution in [0, 0.1) is 10.1 Å². The Kier molecular flexibility index (Phi) is 3.92. The van der Waals surface area contributed by atoms with E-state index >= 15 is 0 Å². The van der Waals surface area contributed by atoms with E-state index in [-0.39, 0.29) is 16.7 Å². The van der Waals surface area contributed by atoms with E-state index in [9.17, 15) is 14.9 Å². The molecule has 0 fully saturated rings. The molecule has 19 heavy (non-hydrogen) atoms. The average Bonchev–Trinajstić information content (AvgIpc) is 2.41. The molecule has 0 spiro atoms. The van der Waals surface area contributed by atoms with E-state index < -0.39 is 6.04 Å². The number of azo groups is 1. The molecule has 6 heteroatoms. The van der Waals surface area contributed by atoms with E-state index in [1.54, 1.807) is 24.3 Å². The Morgan fingerprint density at radius 2 is 1.74 bits per heavy atom. The lowest BCUT2D eigenvalue weighted by molar-refractivity contribution is -0.496. The van der Waals surface area contributed by atoms with Crippen molar-refractivity contribution in [3.8, 4) is 0 Å². The van der Waals surface area contributed by atoms with Crippen LogP contribution in [0.25, 0.3) is 0 Å². The number of hydrogen-bond donors (Lipinski definition) is 0. The Labute approximate surface area is 109 Å². The van der Waals surface area contributed by atoms with Gasteiger partial charge in [-0.3, -0.25) is 14.9 Å². The van der Waals surface area contributed by atoms with Gasteiger partial charge in [-0.1, -0.05) is 12.2 Å². The van der Waals surface area contributed by atoms with E-state index in [0.717, 1.165) is 5.57 Å². The summed E-state index contributed by atoms with van der Waals surface area (Å²) in [6.07, 6.45) is 13.9. The zero-order chi connectivity index (χ0) is 13.7. The van der Waals surface area contributed by atoms with Gasteiger partial charge < -0.3 is 0 Å². The van der Waals surface area contributed by atoms with Crippen LogP contribution in [0.5, 0.6) is 0 Å². The molecule has 0 unspecified atom stereocenters. The fraction of sp³-hybridized carbons (Fsp3) is 0.154. The van der Waals surface area contributed by atoms with Crippen LogP contribution in [0.2, 0.25) is 0 Å². The number of rotatable bonds is 3. The van der Waals surface area contributed by atoms with Crippen LogP contribution in [0.15, 0.2) is 70.6 Å². The first-order valence-electron chi connectivity index (χ1n) is 5.65. The summed E-state index contributed by atoms with van der Waals surface area (Å²) < 4.78 is 0. The zero-order valence-corrected chi connectivity index (χ0v) is 9.92. The SMILES string of the molecule is O=C1C=CC(=CN=NC2C=CC([N+](=O)[O-])C=C2)C=C1. The van der Waals surface area contributed by atoms with E-state index in [4.69, 9.17) is 0 Å². The number of hydrogen-bond acceptors (Lipinski definition) is 5. The van der Waals surface area contributed by atoms with Crippen LogP contribution >= 0.6 is 0 Å². The van der Waals surface area contributed by atoms with Crippen LogP contribution in [-0.2, 0) is 4.79 Å². The maximum Gasteiger partial charge on any atom is 0.249 e. The summed E-state index contributed by atoms with van der Waals surface area (Å²) in [4.78, 5) is 21.0. The summed E-state index contributed by atoms with van der Waals surface area (Å²) in [5.41, 5.74) is 0.773. The Morgan fingerprint density at radius 1 is 1.11 bits per heavy atom. The predicted octanol–water partition coefficient (Wildman–Crippen LogP) is 2.16. The highest BCUT2D eigenvalue weighted by atomic mass is 16.6. The van der Waals surface area contributed by atoms with Gasteiger partial charge in [-0.05, 0) is 42.0 Å². The van der Waals surface area contributed by atoms with E-state index in [1.807, 2.05) is 0 Å². The van der Waals surface area contributed by atoms with Crippen molar-refractivity contribution in [1.29, 1.82) is 0 Å². The summed E-state index contributed by atoms with van der Waals surface area (Å²) in [6, 6.07) is -1.06. The first-order valence-corrected chi connectivity index (χ1v) is 5.65. The highest BCUT2D eigenvalue weighted by Gasteiger charge is 2.16. The molecule has 0 saturated carbocycles. The number of allylic oxidation sites excluding steroid dienone is 5. The van der Waals surface area contributed by atoms with Gasteiger partial charge in [0.25, 0.3) is 0 Å². The molecular weight excluding hydrogens is 246 g/mol. The minimum atomic E-state index is -0.778. The molecule has 96 valence electrons. The highest BCUT2D eigenvalue weighted by Crippen LogP contribution is 2.10. The molecule has 6 nitrogen and oxygen atoms in total. The summed E-state index contributed by atoms with van der Waals surface area (Å²) >= 11 is 0. The Morgan fingerprint density at radius 3 is 2.32 bits per heavy atom. The summed E-state index contributed by atoms with van der Waals surface area (Å²) in [6.45, 7) is 0. The van der Waals surface area contributed by atoms with Gasteiger partial charge in [0.15, 0.2) is 5.78 Å². The molecule has 0 aromatic heterocycles. The molecule has 0 aliphatic heterocycles. The minimum absolute atomic E-state index is 0.0574. The Bertz CT molecular complexity index is 536. The van der Waals surface area contributed by atoms with Crippen molar-refractivity contribution in [2.45, 2.75) is 12.1 Å². The van der Waals surface area contributed by atoms with Crippen molar-refractivity contribution in [2.75, 3.05) is 0 Å². The molecule has 0 aromatic carbocycles. The van der Waals surface area contributed by atoms with Crippen molar-refractivity contribution in [2.24, 2.45) is 10.2 Å². The standard InChI is InChI=1S/C13H11N3O3/c17-13-7-1-10(2-8-13)9-14-15-11-3-5-12(6-4-11)16(18)19/h1-9,11-12H. The number of nitrogens with zero attached hydrogens (tertiary/aromatic N) is 3. The fourth-order valence-electron chi connectivity index (χ4n) is 1.53. The van der Waals surface area contributed by atoms with Crippen molar-refractivity contribution >= 4 is 5.78 Å². The first-order chi connectivity index (χ1) is 9.15. The lowest BCUT2D eigenvalue weighted by Gasteiger charge is -2.06. The second-order valence-corrected chi connectivity index (χ2v) is 3.97. The number of carbonyl (C=O) groups is 1. The topological polar surface area (TPSA) is 84.9 Å². The molecular formula is C13H11N3O3. The molecule has 0 amide bonds. The van der Waals surface area contributed by atoms with Crippen LogP contribution in [-0.4, -0.2) is 22.8 Å². The molecule has 0 bridgehead atoms. The summed E-state index contributed by atoms with van der Waals surface area (Å²) in [5.74, 6) is -0.0574. The molecule has 0 radical (unpaired) electrons. The maximum atomic E-state index is 10.9. The minimum Gasteiger partial charge on any atom is -0.290 e. The first kappa shape index (κ1) is 12.8. The van der Waals surface area contributed by atoms with Crippen LogP contribution in [0.4, 0.5) is 0 Å². The predicted molar refractivity (Wildman–Crippen MR) is 69.1 cm³/mol. The molecule has 0 N–H and O–H groups in total. The van der Waals surface area contributed by atoms with Gasteiger partial charge >= 0.3 is 0 Å². The zero-order valence-electron chi connectivity index (χ0n) is 9.92. The van der Waals surface area contributed by atoms with Gasteiger partial charge in [0.2, 0.25) is 6.04 Å². The average molecular weight is 257 g/mol. The van der Waals surface area contributed by atoms with Gasteiger partial charge in [-0.25, -0.2) is 0 Å². The summed E-state index contributed by atoms with van der Waals surface area (Å²) in [7, 11) is 0. The molecule has 0 saturated heterocycles. The second-order valence-electron chi connectivity index (χ2n) is 3.97. The quantitative estimate of drug-likeness (QED) is 0.336. The Balaban J connectivity index is 1.93. The molecule has 2 aliphatic rings. The third-order valence-electron chi connectivity index (χ3n) is 2.54. The lowest BCUT2D eigenvalue weighted by Crippen LogP contribution is -2.17. The highest BCUT2D eigenvalue weighted by molar-refractivity contribution is 6.01. The third-order valence-corrected chi connectivity index (χ3v) is 2.54. The molecule has 0 atom stereocenters. The van der Waals surface area contributed by atoms with Gasteiger partial charge in [0.1, 0.15) is 6.04 Å². The van der Waals surface area contributed by atoms with Gasteiger partial charge in [0, 0.05) is 4.92 Å². The van der Waals surface area contributed by atoms with Crippen molar-refractivity contribution in [3.05, 3.63) is 70.5 Å². The van der Waals surface area contributed by atoms with Crippen molar-refractivity contribution in [3.63, 3.8) is 0 Å². The van der Waals surface area contributed by atoms with Gasteiger partial charge in [-0.2, -0.15) is 10.2 Å². The number of ketones is 1. The van der Waals surface area contributed by atoms with Gasteiger partial charge in [0.05, 0.1) is 6.20 Å². The second kappa shape index (κ2) is 5.81.